The fourth-order valence-electron chi connectivity index (χ4n) is 7.73. The van der Waals surface area contributed by atoms with Crippen molar-refractivity contribution in [1.82, 2.24) is 0 Å². The highest BCUT2D eigenvalue weighted by molar-refractivity contribution is 7.81. The summed E-state index contributed by atoms with van der Waals surface area (Å²) < 4.78 is 6.26. The first-order valence-corrected chi connectivity index (χ1v) is 10.3. The fraction of sp³-hybridized carbons (Fsp3) is 1.00. The van der Waals surface area contributed by atoms with Crippen LogP contribution in [0.15, 0.2) is 0 Å². The third-order valence-electron chi connectivity index (χ3n) is 7.98. The molecule has 0 aromatic heterocycles. The van der Waals surface area contributed by atoms with Crippen LogP contribution >= 0.6 is 25.3 Å². The van der Waals surface area contributed by atoms with Gasteiger partial charge in [-0.25, -0.2) is 0 Å². The van der Waals surface area contributed by atoms with Crippen LogP contribution < -0.4 is 0 Å². The summed E-state index contributed by atoms with van der Waals surface area (Å²) in [6, 6.07) is 0. The molecule has 5 aliphatic rings. The third kappa shape index (κ3) is 1.89. The van der Waals surface area contributed by atoms with Gasteiger partial charge in [-0.3, -0.25) is 0 Å². The topological polar surface area (TPSA) is 9.23 Å². The zero-order chi connectivity index (χ0) is 14.1. The molecule has 0 aromatic carbocycles. The molecule has 0 aliphatic heterocycles. The van der Waals surface area contributed by atoms with E-state index in [2.05, 4.69) is 12.6 Å². The molecule has 5 fully saturated rings. The Morgan fingerprint density at radius 3 is 2.33 bits per heavy atom. The van der Waals surface area contributed by atoms with Crippen molar-refractivity contribution in [2.75, 3.05) is 12.4 Å². The first-order valence-electron chi connectivity index (χ1n) is 9.18. The quantitative estimate of drug-likeness (QED) is 0.452. The van der Waals surface area contributed by atoms with Crippen molar-refractivity contribution >= 4 is 25.3 Å². The van der Waals surface area contributed by atoms with Gasteiger partial charge in [-0.2, -0.15) is 25.3 Å². The lowest BCUT2D eigenvalue weighted by Gasteiger charge is -2.43. The molecule has 1 nitrogen and oxygen atoms in total. The lowest BCUT2D eigenvalue weighted by Crippen LogP contribution is -2.41. The maximum atomic E-state index is 6.26. The second-order valence-electron chi connectivity index (χ2n) is 8.55. The second-order valence-corrected chi connectivity index (χ2v) is 9.73. The van der Waals surface area contributed by atoms with E-state index in [0.717, 1.165) is 66.1 Å². The molecule has 4 bridgehead atoms. The van der Waals surface area contributed by atoms with Gasteiger partial charge in [0.05, 0.1) is 6.10 Å². The van der Waals surface area contributed by atoms with E-state index in [4.69, 9.17) is 17.4 Å². The Morgan fingerprint density at radius 1 is 0.810 bits per heavy atom. The minimum atomic E-state index is 0.599. The Balaban J connectivity index is 1.33. The summed E-state index contributed by atoms with van der Waals surface area (Å²) in [5.41, 5.74) is 0. The maximum absolute atomic E-state index is 6.26. The molecule has 10 unspecified atom stereocenters. The minimum Gasteiger partial charge on any atom is -0.378 e. The SMILES string of the molecule is SCCCOC1CC2CC1C1C3CC(C4CC(S)CC43)C21. The van der Waals surface area contributed by atoms with Crippen molar-refractivity contribution < 1.29 is 4.74 Å². The van der Waals surface area contributed by atoms with Gasteiger partial charge in [0, 0.05) is 11.9 Å². The van der Waals surface area contributed by atoms with Crippen LogP contribution in [0.25, 0.3) is 0 Å². The van der Waals surface area contributed by atoms with Gasteiger partial charge in [0.2, 0.25) is 0 Å². The van der Waals surface area contributed by atoms with E-state index in [0.29, 0.717) is 11.4 Å². The van der Waals surface area contributed by atoms with Crippen molar-refractivity contribution in [3.63, 3.8) is 0 Å². The summed E-state index contributed by atoms with van der Waals surface area (Å²) in [6.07, 6.45) is 9.01. The summed E-state index contributed by atoms with van der Waals surface area (Å²) in [7, 11) is 0. The third-order valence-corrected chi connectivity index (χ3v) is 8.71. The Bertz CT molecular complexity index is 427. The van der Waals surface area contributed by atoms with Gasteiger partial charge in [0.1, 0.15) is 0 Å². The fourth-order valence-corrected chi connectivity index (χ4v) is 8.34. The van der Waals surface area contributed by atoms with E-state index >= 15 is 0 Å². The predicted octanol–water partition coefficient (Wildman–Crippen LogP) is 3.94. The first kappa shape index (κ1) is 14.0. The first-order chi connectivity index (χ1) is 10.3. The number of ether oxygens (including phenoxy) is 1. The Kier molecular flexibility index (Phi) is 3.39. The monoisotopic (exact) mass is 324 g/mol. The predicted molar refractivity (Wildman–Crippen MR) is 92.0 cm³/mol. The van der Waals surface area contributed by atoms with Crippen molar-refractivity contribution in [2.24, 2.45) is 47.3 Å². The lowest BCUT2D eigenvalue weighted by atomic mass is 9.64. The van der Waals surface area contributed by atoms with Gasteiger partial charge >= 0.3 is 0 Å². The van der Waals surface area contributed by atoms with Gasteiger partial charge in [-0.1, -0.05) is 0 Å². The van der Waals surface area contributed by atoms with Gasteiger partial charge in [-0.15, -0.1) is 0 Å². The molecule has 10 atom stereocenters. The molecule has 21 heavy (non-hydrogen) atoms. The second kappa shape index (κ2) is 5.08. The number of fused-ring (bicyclic) bond motifs is 12. The van der Waals surface area contributed by atoms with E-state index in [-0.39, 0.29) is 0 Å². The van der Waals surface area contributed by atoms with Crippen LogP contribution in [0.1, 0.15) is 38.5 Å². The van der Waals surface area contributed by atoms with E-state index in [1.807, 2.05) is 0 Å². The molecule has 5 saturated carbocycles. The maximum Gasteiger partial charge on any atom is 0.0609 e. The molecule has 0 aromatic rings. The van der Waals surface area contributed by atoms with Gasteiger partial charge in [0.25, 0.3) is 0 Å². The molecule has 0 amide bonds. The summed E-state index contributed by atoms with van der Waals surface area (Å²) >= 11 is 9.13. The van der Waals surface area contributed by atoms with Crippen LogP contribution in [0.4, 0.5) is 0 Å². The number of rotatable bonds is 4. The number of hydrogen-bond acceptors (Lipinski definition) is 3. The van der Waals surface area contributed by atoms with Crippen molar-refractivity contribution in [3.8, 4) is 0 Å². The van der Waals surface area contributed by atoms with Crippen LogP contribution in [-0.2, 0) is 4.74 Å². The van der Waals surface area contributed by atoms with Crippen LogP contribution in [0.3, 0.4) is 0 Å². The van der Waals surface area contributed by atoms with Crippen molar-refractivity contribution in [1.29, 1.82) is 0 Å². The summed E-state index contributed by atoms with van der Waals surface area (Å²) in [5.74, 6) is 9.23. The van der Waals surface area contributed by atoms with Gasteiger partial charge in [0.15, 0.2) is 0 Å². The molecule has 0 radical (unpaired) electrons. The lowest BCUT2D eigenvalue weighted by molar-refractivity contribution is -0.0425. The molecule has 0 N–H and O–H groups in total. The van der Waals surface area contributed by atoms with Crippen LogP contribution in [0, 0.1) is 47.3 Å². The summed E-state index contributed by atoms with van der Waals surface area (Å²) in [5, 5.41) is 0.712. The molecule has 0 heterocycles. The molecule has 0 saturated heterocycles. The van der Waals surface area contributed by atoms with Crippen LogP contribution in [0.2, 0.25) is 0 Å². The van der Waals surface area contributed by atoms with Crippen LogP contribution in [0.5, 0.6) is 0 Å². The number of hydrogen-bond donors (Lipinski definition) is 2. The van der Waals surface area contributed by atoms with E-state index < -0.39 is 0 Å². The van der Waals surface area contributed by atoms with Gasteiger partial charge in [-0.05, 0) is 91.6 Å². The van der Waals surface area contributed by atoms with E-state index in [9.17, 15) is 0 Å². The van der Waals surface area contributed by atoms with Gasteiger partial charge < -0.3 is 4.74 Å². The Hall–Kier alpha value is 0.660. The van der Waals surface area contributed by atoms with E-state index in [1.54, 1.807) is 6.42 Å². The molecule has 3 heteroatoms. The minimum absolute atomic E-state index is 0.599. The molecule has 118 valence electrons. The highest BCUT2D eigenvalue weighted by atomic mass is 32.1. The van der Waals surface area contributed by atoms with Crippen molar-refractivity contribution in [3.05, 3.63) is 0 Å². The molecule has 5 rings (SSSR count). The summed E-state index contributed by atoms with van der Waals surface area (Å²) in [4.78, 5) is 0. The normalized spacial score (nSPS) is 59.7. The average Bonchev–Trinajstić information content (AvgIpc) is 3.19. The highest BCUT2D eigenvalue weighted by Gasteiger charge is 2.68. The molecule has 5 aliphatic carbocycles. The largest absolute Gasteiger partial charge is 0.378 e. The highest BCUT2D eigenvalue weighted by Crippen LogP contribution is 2.73. The van der Waals surface area contributed by atoms with E-state index in [1.165, 1.54) is 25.7 Å². The average molecular weight is 325 g/mol. The van der Waals surface area contributed by atoms with Crippen molar-refractivity contribution in [2.45, 2.75) is 49.9 Å². The zero-order valence-corrected chi connectivity index (χ0v) is 14.5. The zero-order valence-electron chi connectivity index (χ0n) is 12.7. The smallest absolute Gasteiger partial charge is 0.0609 e. The molecular weight excluding hydrogens is 296 g/mol. The number of thiol groups is 2. The Labute approximate surface area is 139 Å². The molecule has 0 spiro atoms. The molecular formula is C18H28OS2. The summed E-state index contributed by atoms with van der Waals surface area (Å²) in [6.45, 7) is 0.938. The standard InChI is InChI=1S/C18H28OS2/c20-3-1-2-19-16-5-9-4-15(16)18-14-8-13(17(9)18)11-6-10(21)7-12(11)14/h9-18,20-21H,1-8H2. The van der Waals surface area contributed by atoms with Crippen LogP contribution in [-0.4, -0.2) is 23.7 Å². The Morgan fingerprint density at radius 2 is 1.57 bits per heavy atom.